The van der Waals surface area contributed by atoms with E-state index in [1.54, 1.807) is 6.20 Å². The van der Waals surface area contributed by atoms with Crippen molar-refractivity contribution in [1.29, 1.82) is 0 Å². The minimum Gasteiger partial charge on any atom is -0.452 e. The molecule has 114 valence electrons. The summed E-state index contributed by atoms with van der Waals surface area (Å²) >= 11 is 0. The molecule has 0 bridgehead atoms. The standard InChI is InChI=1S/C21H13NO2/c23-21-17-11-6-10-16-15-9-4-5-12-18(15)22(20(16)17)13-19(21)24-14-7-2-1-3-8-14/h1-13H. The van der Waals surface area contributed by atoms with Crippen LogP contribution in [0.5, 0.6) is 11.5 Å². The third-order valence-electron chi connectivity index (χ3n) is 4.42. The summed E-state index contributed by atoms with van der Waals surface area (Å²) in [7, 11) is 0. The van der Waals surface area contributed by atoms with Crippen molar-refractivity contribution < 1.29 is 4.74 Å². The Morgan fingerprint density at radius 2 is 1.42 bits per heavy atom. The third kappa shape index (κ3) is 1.75. The van der Waals surface area contributed by atoms with Gasteiger partial charge in [0.25, 0.3) is 0 Å². The number of rotatable bonds is 2. The quantitative estimate of drug-likeness (QED) is 0.467. The molecule has 5 aromatic rings. The highest BCUT2D eigenvalue weighted by Gasteiger charge is 2.16. The molecule has 0 radical (unpaired) electrons. The second-order valence-corrected chi connectivity index (χ2v) is 5.83. The van der Waals surface area contributed by atoms with Gasteiger partial charge in [0.2, 0.25) is 5.43 Å². The molecule has 0 aliphatic rings. The summed E-state index contributed by atoms with van der Waals surface area (Å²) in [5.41, 5.74) is 1.94. The van der Waals surface area contributed by atoms with E-state index < -0.39 is 0 Å². The molecule has 0 saturated heterocycles. The van der Waals surface area contributed by atoms with E-state index in [0.717, 1.165) is 21.8 Å². The van der Waals surface area contributed by atoms with Crippen LogP contribution in [0.3, 0.4) is 0 Å². The monoisotopic (exact) mass is 311 g/mol. The van der Waals surface area contributed by atoms with Gasteiger partial charge >= 0.3 is 0 Å². The molecule has 0 unspecified atom stereocenters. The molecule has 24 heavy (non-hydrogen) atoms. The van der Waals surface area contributed by atoms with E-state index in [0.29, 0.717) is 16.9 Å². The van der Waals surface area contributed by atoms with E-state index in [-0.39, 0.29) is 5.43 Å². The lowest BCUT2D eigenvalue weighted by molar-refractivity contribution is 0.476. The summed E-state index contributed by atoms with van der Waals surface area (Å²) in [6.07, 6.45) is 1.80. The largest absolute Gasteiger partial charge is 0.452 e. The molecule has 0 saturated carbocycles. The van der Waals surface area contributed by atoms with Crippen molar-refractivity contribution in [2.75, 3.05) is 0 Å². The summed E-state index contributed by atoms with van der Waals surface area (Å²) in [5, 5.41) is 2.91. The van der Waals surface area contributed by atoms with Gasteiger partial charge in [0.05, 0.1) is 22.6 Å². The molecular weight excluding hydrogens is 298 g/mol. The molecule has 0 spiro atoms. The number of benzene rings is 3. The molecule has 0 fully saturated rings. The second-order valence-electron chi connectivity index (χ2n) is 5.83. The summed E-state index contributed by atoms with van der Waals surface area (Å²) in [6.45, 7) is 0. The molecule has 0 N–H and O–H groups in total. The molecule has 3 heteroatoms. The van der Waals surface area contributed by atoms with Gasteiger partial charge in [0, 0.05) is 10.8 Å². The van der Waals surface area contributed by atoms with Crippen LogP contribution in [0.1, 0.15) is 0 Å². The molecule has 2 heterocycles. The Morgan fingerprint density at radius 1 is 0.708 bits per heavy atom. The van der Waals surface area contributed by atoms with Crippen molar-refractivity contribution in [2.45, 2.75) is 0 Å². The number of hydrogen-bond donors (Lipinski definition) is 0. The second kappa shape index (κ2) is 4.83. The van der Waals surface area contributed by atoms with Crippen molar-refractivity contribution in [2.24, 2.45) is 0 Å². The zero-order valence-electron chi connectivity index (χ0n) is 12.8. The Morgan fingerprint density at radius 3 is 2.29 bits per heavy atom. The molecule has 0 aliphatic heterocycles. The van der Waals surface area contributed by atoms with Crippen LogP contribution in [-0.2, 0) is 0 Å². The summed E-state index contributed by atoms with van der Waals surface area (Å²) < 4.78 is 7.92. The van der Waals surface area contributed by atoms with Crippen molar-refractivity contribution >= 4 is 27.2 Å². The molecule has 5 rings (SSSR count). The summed E-state index contributed by atoms with van der Waals surface area (Å²) in [5.74, 6) is 0.992. The molecule has 0 amide bonds. The van der Waals surface area contributed by atoms with Crippen molar-refractivity contribution in [3.63, 3.8) is 0 Å². The average molecular weight is 311 g/mol. The first kappa shape index (κ1) is 13.1. The Kier molecular flexibility index (Phi) is 2.65. The maximum atomic E-state index is 12.9. The first-order valence-electron chi connectivity index (χ1n) is 7.84. The van der Waals surface area contributed by atoms with Crippen LogP contribution in [-0.4, -0.2) is 4.40 Å². The van der Waals surface area contributed by atoms with Gasteiger partial charge in [-0.25, -0.2) is 0 Å². The van der Waals surface area contributed by atoms with Crippen LogP contribution in [0.15, 0.2) is 83.8 Å². The van der Waals surface area contributed by atoms with Crippen LogP contribution in [0.2, 0.25) is 0 Å². The van der Waals surface area contributed by atoms with Gasteiger partial charge in [-0.1, -0.05) is 48.5 Å². The van der Waals surface area contributed by atoms with Gasteiger partial charge in [0.1, 0.15) is 5.75 Å². The fourth-order valence-corrected chi connectivity index (χ4v) is 3.37. The Hall–Kier alpha value is -3.33. The van der Waals surface area contributed by atoms with E-state index in [9.17, 15) is 4.79 Å². The minimum atomic E-state index is -0.0836. The average Bonchev–Trinajstić information content (AvgIpc) is 2.95. The SMILES string of the molecule is O=c1c(Oc2ccccc2)cn2c3ccccc3c3cccc1c32. The Labute approximate surface area is 137 Å². The normalized spacial score (nSPS) is 11.5. The van der Waals surface area contributed by atoms with E-state index in [2.05, 4.69) is 22.6 Å². The number of pyridine rings is 1. The van der Waals surface area contributed by atoms with E-state index in [1.807, 2.05) is 54.6 Å². The van der Waals surface area contributed by atoms with Gasteiger partial charge in [-0.3, -0.25) is 4.79 Å². The van der Waals surface area contributed by atoms with Crippen molar-refractivity contribution in [1.82, 2.24) is 4.40 Å². The van der Waals surface area contributed by atoms with Crippen LogP contribution in [0, 0.1) is 0 Å². The maximum absolute atomic E-state index is 12.9. The van der Waals surface area contributed by atoms with E-state index >= 15 is 0 Å². The molecule has 2 aromatic heterocycles. The summed E-state index contributed by atoms with van der Waals surface area (Å²) in [4.78, 5) is 12.9. The van der Waals surface area contributed by atoms with Crippen LogP contribution in [0.25, 0.3) is 27.2 Å². The predicted molar refractivity (Wildman–Crippen MR) is 96.4 cm³/mol. The number of aromatic nitrogens is 1. The minimum absolute atomic E-state index is 0.0836. The zero-order valence-corrected chi connectivity index (χ0v) is 12.8. The molecule has 3 nitrogen and oxygen atoms in total. The van der Waals surface area contributed by atoms with Gasteiger partial charge < -0.3 is 9.14 Å². The van der Waals surface area contributed by atoms with Crippen molar-refractivity contribution in [3.05, 3.63) is 89.2 Å². The number of para-hydroxylation sites is 3. The lowest BCUT2D eigenvalue weighted by Crippen LogP contribution is -2.07. The highest BCUT2D eigenvalue weighted by molar-refractivity contribution is 6.13. The highest BCUT2D eigenvalue weighted by atomic mass is 16.5. The number of hydrogen-bond acceptors (Lipinski definition) is 2. The molecule has 0 atom stereocenters. The topological polar surface area (TPSA) is 30.7 Å². The lowest BCUT2D eigenvalue weighted by atomic mass is 10.1. The summed E-state index contributed by atoms with van der Waals surface area (Å²) in [6, 6.07) is 23.4. The van der Waals surface area contributed by atoms with Gasteiger partial charge in [0.15, 0.2) is 5.75 Å². The third-order valence-corrected chi connectivity index (χ3v) is 4.42. The number of ether oxygens (including phenoxy) is 1. The van der Waals surface area contributed by atoms with Gasteiger partial charge in [-0.05, 0) is 24.3 Å². The zero-order chi connectivity index (χ0) is 16.1. The van der Waals surface area contributed by atoms with E-state index in [4.69, 9.17) is 4.74 Å². The predicted octanol–water partition coefficient (Wildman–Crippen LogP) is 4.84. The van der Waals surface area contributed by atoms with Crippen LogP contribution >= 0.6 is 0 Å². The smallest absolute Gasteiger partial charge is 0.231 e. The van der Waals surface area contributed by atoms with Crippen molar-refractivity contribution in [3.8, 4) is 11.5 Å². The lowest BCUT2D eigenvalue weighted by Gasteiger charge is -2.08. The first-order valence-corrected chi connectivity index (χ1v) is 7.84. The van der Waals surface area contributed by atoms with Gasteiger partial charge in [-0.2, -0.15) is 0 Å². The maximum Gasteiger partial charge on any atom is 0.231 e. The van der Waals surface area contributed by atoms with Gasteiger partial charge in [-0.15, -0.1) is 0 Å². The Balaban J connectivity index is 1.89. The highest BCUT2D eigenvalue weighted by Crippen LogP contribution is 2.32. The Bertz CT molecular complexity index is 1240. The van der Waals surface area contributed by atoms with Crippen LogP contribution < -0.4 is 10.2 Å². The number of nitrogens with zero attached hydrogens (tertiary/aromatic N) is 1. The van der Waals surface area contributed by atoms with Crippen LogP contribution in [0.4, 0.5) is 0 Å². The molecule has 0 aliphatic carbocycles. The fourth-order valence-electron chi connectivity index (χ4n) is 3.37. The fraction of sp³-hybridized carbons (Fsp3) is 0. The van der Waals surface area contributed by atoms with E-state index in [1.165, 1.54) is 0 Å². The first-order chi connectivity index (χ1) is 11.8. The molecule has 3 aromatic carbocycles. The number of fused-ring (bicyclic) bond motifs is 3. The molecular formula is C21H13NO2.